The maximum Gasteiger partial charge on any atom is 0.323 e. The summed E-state index contributed by atoms with van der Waals surface area (Å²) in [5.74, 6) is 0.0592. The molecule has 0 aromatic heterocycles. The fourth-order valence-corrected chi connectivity index (χ4v) is 5.45. The Morgan fingerprint density at radius 3 is 2.60 bits per heavy atom. The molecule has 1 aliphatic rings. The van der Waals surface area contributed by atoms with Crippen molar-refractivity contribution < 1.29 is 23.9 Å². The quantitative estimate of drug-likeness (QED) is 0.262. The first kappa shape index (κ1) is 33.3. The molecule has 4 rings (SSSR count). The van der Waals surface area contributed by atoms with Crippen LogP contribution in [0.4, 0.5) is 11.4 Å². The number of methoxy groups -OCH3 is 1. The molecule has 2 amide bonds. The number of esters is 1. The van der Waals surface area contributed by atoms with Gasteiger partial charge in [0.2, 0.25) is 0 Å². The molecule has 8 nitrogen and oxygen atoms in total. The van der Waals surface area contributed by atoms with Crippen LogP contribution in [0.5, 0.6) is 5.75 Å². The molecule has 0 saturated carbocycles. The minimum atomic E-state index is -0.722. The monoisotopic (exact) mass is 631 g/mol. The zero-order chi connectivity index (χ0) is 29.5. The number of nitrogens with one attached hydrogen (secondary N) is 1. The van der Waals surface area contributed by atoms with Crippen molar-refractivity contribution in [1.82, 2.24) is 0 Å². The summed E-state index contributed by atoms with van der Waals surface area (Å²) in [6.45, 7) is 2.27. The number of fused-ring (bicyclic) bond motifs is 1. The number of aryl methyl sites for hydroxylation is 1. The standard InChI is InChI=1S/C31H34ClN3O5S.ClH/c1-19-7-4-5-8-22(19)29(36)34-21-11-12-23(28(18-21)39-2)30(37)35-15-6-9-27(24-17-20(32)10-13-26(24)35)40-31(38)25(33)14-16-41-3;/h4-5,7-8,10-13,17-18,25,27H,6,9,14-16,33H2,1-3H3,(H,34,36);1H/t25-,27?;/m0./s1. The van der Waals surface area contributed by atoms with Crippen LogP contribution in [-0.2, 0) is 9.53 Å². The summed E-state index contributed by atoms with van der Waals surface area (Å²) < 4.78 is 11.4. The number of ether oxygens (including phenoxy) is 2. The average Bonchev–Trinajstić information content (AvgIpc) is 3.14. The number of halogens is 2. The Kier molecular flexibility index (Phi) is 12.1. The van der Waals surface area contributed by atoms with Gasteiger partial charge in [0.15, 0.2) is 0 Å². The Balaban J connectivity index is 0.00000484. The first-order chi connectivity index (χ1) is 19.7. The molecule has 0 radical (unpaired) electrons. The number of carbonyl (C=O) groups excluding carboxylic acids is 3. The Labute approximate surface area is 261 Å². The number of hydrogen-bond acceptors (Lipinski definition) is 7. The van der Waals surface area contributed by atoms with E-state index in [1.54, 1.807) is 59.1 Å². The van der Waals surface area contributed by atoms with Crippen LogP contribution in [0, 0.1) is 6.92 Å². The smallest absolute Gasteiger partial charge is 0.323 e. The van der Waals surface area contributed by atoms with Gasteiger partial charge in [-0.25, -0.2) is 0 Å². The summed E-state index contributed by atoms with van der Waals surface area (Å²) in [7, 11) is 1.48. The van der Waals surface area contributed by atoms with Crippen LogP contribution in [0.15, 0.2) is 60.7 Å². The Bertz CT molecular complexity index is 1440. The van der Waals surface area contributed by atoms with Gasteiger partial charge < -0.3 is 25.4 Å². The zero-order valence-corrected chi connectivity index (χ0v) is 26.1. The van der Waals surface area contributed by atoms with E-state index < -0.39 is 18.1 Å². The number of hydrogen-bond donors (Lipinski definition) is 2. The fourth-order valence-electron chi connectivity index (χ4n) is 4.78. The molecule has 0 aliphatic carbocycles. The average molecular weight is 633 g/mol. The van der Waals surface area contributed by atoms with Crippen molar-refractivity contribution in [1.29, 1.82) is 0 Å². The van der Waals surface area contributed by atoms with Crippen molar-refractivity contribution in [2.45, 2.75) is 38.3 Å². The van der Waals surface area contributed by atoms with Crippen molar-refractivity contribution in [2.75, 3.05) is 35.9 Å². The molecule has 0 saturated heterocycles. The number of anilines is 2. The lowest BCUT2D eigenvalue weighted by atomic mass is 10.0. The lowest BCUT2D eigenvalue weighted by Crippen LogP contribution is -2.34. The molecule has 0 bridgehead atoms. The predicted octanol–water partition coefficient (Wildman–Crippen LogP) is 6.44. The highest BCUT2D eigenvalue weighted by molar-refractivity contribution is 7.98. The molecule has 1 heterocycles. The minimum absolute atomic E-state index is 0. The number of nitrogens with two attached hydrogens (primary N) is 1. The molecule has 2 atom stereocenters. The van der Waals surface area contributed by atoms with Crippen LogP contribution in [0.2, 0.25) is 5.02 Å². The van der Waals surface area contributed by atoms with Gasteiger partial charge in [0.1, 0.15) is 17.9 Å². The Morgan fingerprint density at radius 1 is 1.12 bits per heavy atom. The van der Waals surface area contributed by atoms with Gasteiger partial charge in [-0.05, 0) is 80.2 Å². The van der Waals surface area contributed by atoms with Gasteiger partial charge in [-0.3, -0.25) is 14.4 Å². The van der Waals surface area contributed by atoms with E-state index in [-0.39, 0.29) is 24.2 Å². The Hall–Kier alpha value is -3.24. The summed E-state index contributed by atoms with van der Waals surface area (Å²) in [6.07, 6.45) is 2.98. The van der Waals surface area contributed by atoms with Crippen LogP contribution in [0.3, 0.4) is 0 Å². The SMILES string of the molecule is COc1cc(NC(=O)c2ccccc2C)ccc1C(=O)N1CCCC(OC(=O)[C@@H](N)CCSC)c2cc(Cl)ccc21.Cl. The molecule has 1 unspecified atom stereocenters. The number of carbonyl (C=O) groups is 3. The van der Waals surface area contributed by atoms with Gasteiger partial charge in [-0.1, -0.05) is 29.8 Å². The second-order valence-electron chi connectivity index (χ2n) is 9.80. The summed E-state index contributed by atoms with van der Waals surface area (Å²) in [5, 5.41) is 3.35. The summed E-state index contributed by atoms with van der Waals surface area (Å²) in [5.41, 5.74) is 9.56. The third-order valence-corrected chi connectivity index (χ3v) is 7.87. The maximum atomic E-state index is 13.9. The third-order valence-electron chi connectivity index (χ3n) is 6.99. The van der Waals surface area contributed by atoms with Crippen molar-refractivity contribution in [2.24, 2.45) is 5.73 Å². The summed E-state index contributed by atoms with van der Waals surface area (Å²) in [4.78, 5) is 41.1. The van der Waals surface area contributed by atoms with Gasteiger partial charge >= 0.3 is 5.97 Å². The number of nitrogens with zero attached hydrogens (tertiary/aromatic N) is 1. The number of rotatable bonds is 9. The lowest BCUT2D eigenvalue weighted by Gasteiger charge is -2.25. The highest BCUT2D eigenvalue weighted by atomic mass is 35.5. The van der Waals surface area contributed by atoms with Crippen molar-refractivity contribution in [3.05, 3.63) is 87.9 Å². The molecular weight excluding hydrogens is 597 g/mol. The van der Waals surface area contributed by atoms with Crippen LogP contribution in [-0.4, -0.2) is 49.5 Å². The topological polar surface area (TPSA) is 111 Å². The van der Waals surface area contributed by atoms with Crippen LogP contribution in [0.25, 0.3) is 0 Å². The number of benzene rings is 3. The molecule has 3 aromatic rings. The van der Waals surface area contributed by atoms with Crippen LogP contribution in [0.1, 0.15) is 57.2 Å². The molecule has 0 spiro atoms. The minimum Gasteiger partial charge on any atom is -0.496 e. The first-order valence-electron chi connectivity index (χ1n) is 13.3. The molecule has 224 valence electrons. The van der Waals surface area contributed by atoms with Crippen LogP contribution >= 0.6 is 35.8 Å². The highest BCUT2D eigenvalue weighted by Gasteiger charge is 2.31. The normalized spacial score (nSPS) is 15.0. The second kappa shape index (κ2) is 15.3. The van der Waals surface area contributed by atoms with E-state index in [0.29, 0.717) is 64.6 Å². The van der Waals surface area contributed by atoms with Gasteiger partial charge in [-0.15, -0.1) is 12.4 Å². The van der Waals surface area contributed by atoms with E-state index in [4.69, 9.17) is 26.8 Å². The molecule has 3 aromatic carbocycles. The summed E-state index contributed by atoms with van der Waals surface area (Å²) in [6, 6.07) is 16.7. The second-order valence-corrected chi connectivity index (χ2v) is 11.2. The van der Waals surface area contributed by atoms with Gasteiger partial charge in [-0.2, -0.15) is 11.8 Å². The number of amides is 2. The molecule has 42 heavy (non-hydrogen) atoms. The molecular formula is C31H35Cl2N3O5S. The van der Waals surface area contributed by atoms with Gasteiger partial charge in [0, 0.05) is 34.4 Å². The van der Waals surface area contributed by atoms with E-state index in [1.165, 1.54) is 7.11 Å². The lowest BCUT2D eigenvalue weighted by molar-refractivity contribution is -0.151. The van der Waals surface area contributed by atoms with Crippen LogP contribution < -0.4 is 20.7 Å². The molecule has 0 fully saturated rings. The predicted molar refractivity (Wildman–Crippen MR) is 172 cm³/mol. The van der Waals surface area contributed by atoms with Crippen molar-refractivity contribution in [3.8, 4) is 5.75 Å². The number of thioether (sulfide) groups is 1. The zero-order valence-electron chi connectivity index (χ0n) is 23.7. The van der Waals surface area contributed by atoms with E-state index in [9.17, 15) is 14.4 Å². The van der Waals surface area contributed by atoms with E-state index in [1.807, 2.05) is 31.4 Å². The van der Waals surface area contributed by atoms with E-state index >= 15 is 0 Å². The Morgan fingerprint density at radius 2 is 1.88 bits per heavy atom. The third kappa shape index (κ3) is 7.77. The van der Waals surface area contributed by atoms with E-state index in [0.717, 1.165) is 11.3 Å². The fraction of sp³-hybridized carbons (Fsp3) is 0.323. The largest absolute Gasteiger partial charge is 0.496 e. The first-order valence-corrected chi connectivity index (χ1v) is 15.1. The molecule has 3 N–H and O–H groups in total. The molecule has 1 aliphatic heterocycles. The van der Waals surface area contributed by atoms with Gasteiger partial charge in [0.05, 0.1) is 18.4 Å². The van der Waals surface area contributed by atoms with E-state index in [2.05, 4.69) is 5.32 Å². The van der Waals surface area contributed by atoms with Crippen molar-refractivity contribution in [3.63, 3.8) is 0 Å². The van der Waals surface area contributed by atoms with Gasteiger partial charge in [0.25, 0.3) is 11.8 Å². The maximum absolute atomic E-state index is 13.9. The highest BCUT2D eigenvalue weighted by Crippen LogP contribution is 2.39. The summed E-state index contributed by atoms with van der Waals surface area (Å²) >= 11 is 7.96. The molecule has 11 heteroatoms. The van der Waals surface area contributed by atoms with Crippen molar-refractivity contribution >= 4 is 64.9 Å².